The number of piperidine rings is 1. The Bertz CT molecular complexity index is 499. The molecule has 0 bridgehead atoms. The van der Waals surface area contributed by atoms with Crippen molar-refractivity contribution in [3.05, 3.63) is 29.8 Å². The molecule has 0 spiro atoms. The van der Waals surface area contributed by atoms with Gasteiger partial charge in [-0.25, -0.2) is 9.59 Å². The molecule has 1 aromatic rings. The first-order chi connectivity index (χ1) is 10.1. The van der Waals surface area contributed by atoms with E-state index in [1.807, 2.05) is 24.3 Å². The number of anilines is 1. The quantitative estimate of drug-likeness (QED) is 0.895. The zero-order valence-electron chi connectivity index (χ0n) is 12.3. The van der Waals surface area contributed by atoms with Crippen LogP contribution in [0.2, 0.25) is 0 Å². The number of aliphatic carboxylic acids is 1. The van der Waals surface area contributed by atoms with E-state index in [2.05, 4.69) is 12.2 Å². The van der Waals surface area contributed by atoms with E-state index in [-0.39, 0.29) is 6.03 Å². The van der Waals surface area contributed by atoms with Gasteiger partial charge in [0.15, 0.2) is 0 Å². The van der Waals surface area contributed by atoms with Crippen LogP contribution in [-0.4, -0.2) is 34.6 Å². The summed E-state index contributed by atoms with van der Waals surface area (Å²) in [5.74, 6) is -0.928. The van der Waals surface area contributed by atoms with Gasteiger partial charge in [0.05, 0.1) is 0 Å². The first kappa shape index (κ1) is 15.4. The van der Waals surface area contributed by atoms with Crippen molar-refractivity contribution in [2.75, 3.05) is 11.9 Å². The number of rotatable bonds is 4. The Labute approximate surface area is 125 Å². The zero-order valence-corrected chi connectivity index (χ0v) is 12.3. The SMILES string of the molecule is CCCc1ccc(NC(=O)N2CCCCC2C(=O)O)cc1. The van der Waals surface area contributed by atoms with E-state index in [1.54, 1.807) is 0 Å². The van der Waals surface area contributed by atoms with Gasteiger partial charge in [0.2, 0.25) is 0 Å². The maximum atomic E-state index is 12.2. The summed E-state index contributed by atoms with van der Waals surface area (Å²) < 4.78 is 0. The molecule has 1 aliphatic rings. The number of aryl methyl sites for hydroxylation is 1. The summed E-state index contributed by atoms with van der Waals surface area (Å²) in [5.41, 5.74) is 1.94. The van der Waals surface area contributed by atoms with E-state index in [4.69, 9.17) is 0 Å². The van der Waals surface area contributed by atoms with Crippen molar-refractivity contribution in [3.63, 3.8) is 0 Å². The van der Waals surface area contributed by atoms with Gasteiger partial charge in [-0.15, -0.1) is 0 Å². The predicted octanol–water partition coefficient (Wildman–Crippen LogP) is 3.11. The minimum atomic E-state index is -0.928. The average Bonchev–Trinajstić information content (AvgIpc) is 2.49. The normalized spacial score (nSPS) is 18.3. The van der Waals surface area contributed by atoms with Crippen LogP contribution in [0, 0.1) is 0 Å². The van der Waals surface area contributed by atoms with E-state index >= 15 is 0 Å². The second kappa shape index (κ2) is 7.11. The second-order valence-corrected chi connectivity index (χ2v) is 5.42. The fourth-order valence-corrected chi connectivity index (χ4v) is 2.67. The van der Waals surface area contributed by atoms with Crippen LogP contribution < -0.4 is 5.32 Å². The van der Waals surface area contributed by atoms with E-state index in [9.17, 15) is 14.7 Å². The molecule has 1 atom stereocenters. The third-order valence-electron chi connectivity index (χ3n) is 3.79. The first-order valence-electron chi connectivity index (χ1n) is 7.51. The molecule has 1 aliphatic heterocycles. The van der Waals surface area contributed by atoms with Gasteiger partial charge in [0, 0.05) is 12.2 Å². The number of urea groups is 1. The molecular weight excluding hydrogens is 268 g/mol. The zero-order chi connectivity index (χ0) is 15.2. The van der Waals surface area contributed by atoms with Crippen molar-refractivity contribution >= 4 is 17.7 Å². The third kappa shape index (κ3) is 3.97. The fraction of sp³-hybridized carbons (Fsp3) is 0.500. The Morgan fingerprint density at radius 3 is 2.62 bits per heavy atom. The highest BCUT2D eigenvalue weighted by Crippen LogP contribution is 2.19. The van der Waals surface area contributed by atoms with E-state index in [0.717, 1.165) is 25.7 Å². The highest BCUT2D eigenvalue weighted by atomic mass is 16.4. The molecule has 1 saturated heterocycles. The topological polar surface area (TPSA) is 69.6 Å². The molecule has 0 aromatic heterocycles. The number of nitrogens with zero attached hydrogens (tertiary/aromatic N) is 1. The lowest BCUT2D eigenvalue weighted by Crippen LogP contribution is -2.49. The Balaban J connectivity index is 2.00. The lowest BCUT2D eigenvalue weighted by atomic mass is 10.0. The Hall–Kier alpha value is -2.04. The first-order valence-corrected chi connectivity index (χ1v) is 7.51. The number of carbonyl (C=O) groups is 2. The molecule has 5 nitrogen and oxygen atoms in total. The number of carboxylic acid groups (broad SMARTS) is 1. The molecule has 5 heteroatoms. The smallest absolute Gasteiger partial charge is 0.326 e. The summed E-state index contributed by atoms with van der Waals surface area (Å²) in [7, 11) is 0. The number of nitrogens with one attached hydrogen (secondary N) is 1. The van der Waals surface area contributed by atoms with Crippen molar-refractivity contribution in [1.29, 1.82) is 0 Å². The monoisotopic (exact) mass is 290 g/mol. The van der Waals surface area contributed by atoms with E-state index in [1.165, 1.54) is 10.5 Å². The van der Waals surface area contributed by atoms with Crippen LogP contribution in [0.5, 0.6) is 0 Å². The summed E-state index contributed by atoms with van der Waals surface area (Å²) >= 11 is 0. The molecular formula is C16H22N2O3. The molecule has 114 valence electrons. The third-order valence-corrected chi connectivity index (χ3v) is 3.79. The number of carbonyl (C=O) groups excluding carboxylic acids is 1. The largest absolute Gasteiger partial charge is 0.480 e. The number of benzene rings is 1. The molecule has 0 aliphatic carbocycles. The molecule has 1 aromatic carbocycles. The summed E-state index contributed by atoms with van der Waals surface area (Å²) in [6.07, 6.45) is 4.33. The van der Waals surface area contributed by atoms with Crippen LogP contribution in [0.25, 0.3) is 0 Å². The standard InChI is InChI=1S/C16H22N2O3/c1-2-5-12-7-9-13(10-8-12)17-16(21)18-11-4-3-6-14(18)15(19)20/h7-10,14H,2-6,11H2,1H3,(H,17,21)(H,19,20). The van der Waals surface area contributed by atoms with Gasteiger partial charge >= 0.3 is 12.0 Å². The summed E-state index contributed by atoms with van der Waals surface area (Å²) in [5, 5.41) is 12.0. The van der Waals surface area contributed by atoms with Crippen molar-refractivity contribution < 1.29 is 14.7 Å². The summed E-state index contributed by atoms with van der Waals surface area (Å²) in [4.78, 5) is 24.9. The molecule has 21 heavy (non-hydrogen) atoms. The molecule has 2 amide bonds. The molecule has 1 heterocycles. The number of amides is 2. The Kier molecular flexibility index (Phi) is 5.20. The molecule has 0 radical (unpaired) electrons. The van der Waals surface area contributed by atoms with Crippen LogP contribution in [0.4, 0.5) is 10.5 Å². The van der Waals surface area contributed by atoms with Gasteiger partial charge in [-0.3, -0.25) is 0 Å². The highest BCUT2D eigenvalue weighted by Gasteiger charge is 2.31. The minimum Gasteiger partial charge on any atom is -0.480 e. The van der Waals surface area contributed by atoms with Gasteiger partial charge < -0.3 is 15.3 Å². The number of carboxylic acids is 1. The van der Waals surface area contributed by atoms with Crippen molar-refractivity contribution in [1.82, 2.24) is 4.90 Å². The highest BCUT2D eigenvalue weighted by molar-refractivity contribution is 5.92. The van der Waals surface area contributed by atoms with E-state index in [0.29, 0.717) is 18.7 Å². The average molecular weight is 290 g/mol. The van der Waals surface area contributed by atoms with Crippen molar-refractivity contribution in [3.8, 4) is 0 Å². The Morgan fingerprint density at radius 1 is 1.29 bits per heavy atom. The Morgan fingerprint density at radius 2 is 2.00 bits per heavy atom. The van der Waals surface area contributed by atoms with Gasteiger partial charge in [0.1, 0.15) is 6.04 Å². The molecule has 0 saturated carbocycles. The van der Waals surface area contributed by atoms with Gasteiger partial charge in [-0.1, -0.05) is 25.5 Å². The van der Waals surface area contributed by atoms with Crippen molar-refractivity contribution in [2.24, 2.45) is 0 Å². The van der Waals surface area contributed by atoms with Crippen molar-refractivity contribution in [2.45, 2.75) is 45.1 Å². The van der Waals surface area contributed by atoms with Crippen LogP contribution >= 0.6 is 0 Å². The number of hydrogen-bond acceptors (Lipinski definition) is 2. The van der Waals surface area contributed by atoms with Crippen LogP contribution in [0.3, 0.4) is 0 Å². The molecule has 1 unspecified atom stereocenters. The van der Waals surface area contributed by atoms with Crippen LogP contribution in [0.1, 0.15) is 38.2 Å². The number of likely N-dealkylation sites (tertiary alicyclic amines) is 1. The fourth-order valence-electron chi connectivity index (χ4n) is 2.67. The van der Waals surface area contributed by atoms with Crippen LogP contribution in [-0.2, 0) is 11.2 Å². The lowest BCUT2D eigenvalue weighted by Gasteiger charge is -2.32. The minimum absolute atomic E-state index is 0.328. The maximum Gasteiger partial charge on any atom is 0.326 e. The maximum absolute atomic E-state index is 12.2. The van der Waals surface area contributed by atoms with E-state index < -0.39 is 12.0 Å². The number of hydrogen-bond donors (Lipinski definition) is 2. The van der Waals surface area contributed by atoms with Gasteiger partial charge in [-0.05, 0) is 43.4 Å². The molecule has 2 N–H and O–H groups in total. The molecule has 1 fully saturated rings. The lowest BCUT2D eigenvalue weighted by molar-refractivity contribution is -0.143. The predicted molar refractivity (Wildman–Crippen MR) is 81.4 cm³/mol. The van der Waals surface area contributed by atoms with Gasteiger partial charge in [-0.2, -0.15) is 0 Å². The van der Waals surface area contributed by atoms with Gasteiger partial charge in [0.25, 0.3) is 0 Å². The van der Waals surface area contributed by atoms with Crippen LogP contribution in [0.15, 0.2) is 24.3 Å². The molecule has 2 rings (SSSR count). The second-order valence-electron chi connectivity index (χ2n) is 5.42. The summed E-state index contributed by atoms with van der Waals surface area (Å²) in [6, 6.07) is 6.67. The summed E-state index contributed by atoms with van der Waals surface area (Å²) in [6.45, 7) is 2.62.